The number of benzene rings is 2. The number of carbonyl (C=O) groups is 1. The van der Waals surface area contributed by atoms with Crippen LogP contribution in [0.3, 0.4) is 0 Å². The van der Waals surface area contributed by atoms with Crippen molar-refractivity contribution in [2.24, 2.45) is 4.99 Å². The fourth-order valence-corrected chi connectivity index (χ4v) is 2.49. The minimum absolute atomic E-state index is 0.290. The van der Waals surface area contributed by atoms with Crippen LogP contribution in [0, 0.1) is 6.92 Å². The van der Waals surface area contributed by atoms with Crippen LogP contribution in [0.15, 0.2) is 65.3 Å². The highest BCUT2D eigenvalue weighted by molar-refractivity contribution is 6.11. The summed E-state index contributed by atoms with van der Waals surface area (Å²) < 4.78 is 10.9. The van der Waals surface area contributed by atoms with Crippen LogP contribution in [0.5, 0.6) is 5.75 Å². The van der Waals surface area contributed by atoms with Crippen LogP contribution >= 0.6 is 0 Å². The normalized spacial score (nSPS) is 15.3. The van der Waals surface area contributed by atoms with Gasteiger partial charge in [0.25, 0.3) is 0 Å². The third kappa shape index (κ3) is 5.42. The maximum absolute atomic E-state index is 12.0. The second-order valence-electron chi connectivity index (χ2n) is 6.38. The summed E-state index contributed by atoms with van der Waals surface area (Å²) >= 11 is 0. The van der Waals surface area contributed by atoms with E-state index in [9.17, 15) is 4.79 Å². The van der Waals surface area contributed by atoms with Gasteiger partial charge in [0.15, 0.2) is 5.70 Å². The van der Waals surface area contributed by atoms with Gasteiger partial charge in [-0.3, -0.25) is 0 Å². The molecular weight excluding hydrogens is 338 g/mol. The Kier molecular flexibility index (Phi) is 6.21. The van der Waals surface area contributed by atoms with Gasteiger partial charge in [0, 0.05) is 6.08 Å². The largest absolute Gasteiger partial charge is 0.494 e. The molecule has 0 atom stereocenters. The number of carbonyl (C=O) groups excluding carboxylic acids is 1. The SMILES string of the molecule is CCCCOc1ccc(C=C2N=C(C=Cc3ccc(C)cc3)OC2=O)cc1. The number of rotatable bonds is 7. The molecule has 4 nitrogen and oxygen atoms in total. The van der Waals surface area contributed by atoms with Crippen molar-refractivity contribution in [1.82, 2.24) is 0 Å². The summed E-state index contributed by atoms with van der Waals surface area (Å²) in [5.74, 6) is 0.679. The predicted molar refractivity (Wildman–Crippen MR) is 109 cm³/mol. The summed E-state index contributed by atoms with van der Waals surface area (Å²) in [5, 5.41) is 0. The summed E-state index contributed by atoms with van der Waals surface area (Å²) in [7, 11) is 0. The lowest BCUT2D eigenvalue weighted by molar-refractivity contribution is -0.129. The maximum Gasteiger partial charge on any atom is 0.363 e. The molecule has 138 valence electrons. The molecule has 3 rings (SSSR count). The van der Waals surface area contributed by atoms with E-state index in [1.54, 1.807) is 12.2 Å². The van der Waals surface area contributed by atoms with Crippen LogP contribution in [-0.4, -0.2) is 18.5 Å². The van der Waals surface area contributed by atoms with E-state index >= 15 is 0 Å². The fraction of sp³-hybridized carbons (Fsp3) is 0.217. The number of aliphatic imine (C=N–C) groups is 1. The zero-order valence-electron chi connectivity index (χ0n) is 15.6. The summed E-state index contributed by atoms with van der Waals surface area (Å²) in [4.78, 5) is 16.3. The first kappa shape index (κ1) is 18.6. The van der Waals surface area contributed by atoms with Crippen molar-refractivity contribution in [3.63, 3.8) is 0 Å². The van der Waals surface area contributed by atoms with E-state index in [1.165, 1.54) is 5.56 Å². The zero-order valence-corrected chi connectivity index (χ0v) is 15.6. The second kappa shape index (κ2) is 8.99. The Labute approximate surface area is 159 Å². The van der Waals surface area contributed by atoms with Gasteiger partial charge >= 0.3 is 5.97 Å². The van der Waals surface area contributed by atoms with Gasteiger partial charge in [0.2, 0.25) is 5.90 Å². The lowest BCUT2D eigenvalue weighted by Gasteiger charge is -2.05. The van der Waals surface area contributed by atoms with Crippen molar-refractivity contribution in [1.29, 1.82) is 0 Å². The Hall–Kier alpha value is -3.14. The van der Waals surface area contributed by atoms with E-state index < -0.39 is 5.97 Å². The molecule has 0 amide bonds. The average Bonchev–Trinajstić information content (AvgIpc) is 3.02. The van der Waals surface area contributed by atoms with E-state index in [1.807, 2.05) is 61.5 Å². The van der Waals surface area contributed by atoms with Gasteiger partial charge in [-0.15, -0.1) is 0 Å². The number of ether oxygens (including phenoxy) is 2. The monoisotopic (exact) mass is 361 g/mol. The molecule has 2 aromatic rings. The molecule has 0 radical (unpaired) electrons. The minimum Gasteiger partial charge on any atom is -0.494 e. The first-order chi connectivity index (χ1) is 13.1. The van der Waals surface area contributed by atoms with Crippen molar-refractivity contribution in [2.45, 2.75) is 26.7 Å². The molecule has 0 bridgehead atoms. The van der Waals surface area contributed by atoms with E-state index in [-0.39, 0.29) is 0 Å². The molecule has 0 saturated carbocycles. The minimum atomic E-state index is -0.443. The molecule has 27 heavy (non-hydrogen) atoms. The number of esters is 1. The maximum atomic E-state index is 12.0. The first-order valence-corrected chi connectivity index (χ1v) is 9.14. The first-order valence-electron chi connectivity index (χ1n) is 9.14. The smallest absolute Gasteiger partial charge is 0.363 e. The molecular formula is C23H23NO3. The zero-order chi connectivity index (χ0) is 19.1. The Balaban J connectivity index is 1.67. The van der Waals surface area contributed by atoms with Crippen LogP contribution < -0.4 is 4.74 Å². The molecule has 2 aromatic carbocycles. The number of cyclic esters (lactones) is 1. The molecule has 4 heteroatoms. The van der Waals surface area contributed by atoms with Crippen molar-refractivity contribution < 1.29 is 14.3 Å². The lowest BCUT2D eigenvalue weighted by atomic mass is 10.1. The van der Waals surface area contributed by atoms with Gasteiger partial charge in [-0.25, -0.2) is 9.79 Å². The lowest BCUT2D eigenvalue weighted by Crippen LogP contribution is -2.01. The number of hydrogen-bond acceptors (Lipinski definition) is 4. The summed E-state index contributed by atoms with van der Waals surface area (Å²) in [5.41, 5.74) is 3.38. The quantitative estimate of drug-likeness (QED) is 0.388. The molecule has 0 spiro atoms. The van der Waals surface area contributed by atoms with E-state index in [0.717, 1.165) is 29.7 Å². The number of aryl methyl sites for hydroxylation is 1. The third-order valence-corrected chi connectivity index (χ3v) is 4.08. The van der Waals surface area contributed by atoms with Crippen molar-refractivity contribution in [3.05, 3.63) is 77.0 Å². The summed E-state index contributed by atoms with van der Waals surface area (Å²) in [6.07, 6.45) is 7.42. The van der Waals surface area contributed by atoms with E-state index in [0.29, 0.717) is 18.2 Å². The van der Waals surface area contributed by atoms with Gasteiger partial charge in [0.1, 0.15) is 5.75 Å². The van der Waals surface area contributed by atoms with E-state index in [4.69, 9.17) is 9.47 Å². The Bertz CT molecular complexity index is 875. The fourth-order valence-electron chi connectivity index (χ4n) is 2.49. The van der Waals surface area contributed by atoms with Gasteiger partial charge in [-0.2, -0.15) is 0 Å². The molecule has 1 aliphatic rings. The molecule has 0 aliphatic carbocycles. The van der Waals surface area contributed by atoms with Crippen LogP contribution in [0.1, 0.15) is 36.5 Å². The Morgan fingerprint density at radius 1 is 1.00 bits per heavy atom. The molecule has 0 N–H and O–H groups in total. The average molecular weight is 361 g/mol. The third-order valence-electron chi connectivity index (χ3n) is 4.08. The molecule has 0 aromatic heterocycles. The number of unbranched alkanes of at least 4 members (excludes halogenated alkanes) is 1. The van der Waals surface area contributed by atoms with Crippen LogP contribution in [0.25, 0.3) is 12.2 Å². The molecule has 0 unspecified atom stereocenters. The molecule has 0 saturated heterocycles. The topological polar surface area (TPSA) is 47.9 Å². The van der Waals surface area contributed by atoms with Crippen LogP contribution in [0.2, 0.25) is 0 Å². The van der Waals surface area contributed by atoms with Crippen molar-refractivity contribution in [3.8, 4) is 5.75 Å². The second-order valence-corrected chi connectivity index (χ2v) is 6.38. The highest BCUT2D eigenvalue weighted by Crippen LogP contribution is 2.19. The van der Waals surface area contributed by atoms with Crippen molar-refractivity contribution in [2.75, 3.05) is 6.61 Å². The molecule has 0 fully saturated rings. The number of nitrogens with zero attached hydrogens (tertiary/aromatic N) is 1. The highest BCUT2D eigenvalue weighted by Gasteiger charge is 2.21. The van der Waals surface area contributed by atoms with Crippen LogP contribution in [0.4, 0.5) is 0 Å². The van der Waals surface area contributed by atoms with Crippen LogP contribution in [-0.2, 0) is 9.53 Å². The standard InChI is InChI=1S/C23H23NO3/c1-3-4-15-26-20-12-9-19(10-13-20)16-21-23(25)27-22(24-21)14-11-18-7-5-17(2)6-8-18/h5-14,16H,3-4,15H2,1-2H3. The van der Waals surface area contributed by atoms with Gasteiger partial charge < -0.3 is 9.47 Å². The van der Waals surface area contributed by atoms with Gasteiger partial charge in [0.05, 0.1) is 6.61 Å². The van der Waals surface area contributed by atoms with Gasteiger partial charge in [-0.1, -0.05) is 55.3 Å². The Morgan fingerprint density at radius 2 is 1.70 bits per heavy atom. The highest BCUT2D eigenvalue weighted by atomic mass is 16.6. The summed E-state index contributed by atoms with van der Waals surface area (Å²) in [6.45, 7) is 4.88. The van der Waals surface area contributed by atoms with E-state index in [2.05, 4.69) is 11.9 Å². The van der Waals surface area contributed by atoms with Gasteiger partial charge in [-0.05, 0) is 48.8 Å². The molecule has 1 aliphatic heterocycles. The predicted octanol–water partition coefficient (Wildman–Crippen LogP) is 5.18. The van der Waals surface area contributed by atoms with Crippen molar-refractivity contribution >= 4 is 24.0 Å². The Morgan fingerprint density at radius 3 is 2.41 bits per heavy atom. The number of hydrogen-bond donors (Lipinski definition) is 0. The molecule has 1 heterocycles. The summed E-state index contributed by atoms with van der Waals surface area (Å²) in [6, 6.07) is 15.7.